The van der Waals surface area contributed by atoms with Gasteiger partial charge in [-0.1, -0.05) is 105 Å². The molecule has 44 heavy (non-hydrogen) atoms. The Kier molecular flexibility index (Phi) is 18.3. The normalized spacial score (nSPS) is 22.8. The molecule has 0 aromatic rings. The van der Waals surface area contributed by atoms with Crippen LogP contribution < -0.4 is 16.4 Å². The van der Waals surface area contributed by atoms with Gasteiger partial charge in [0.2, 0.25) is 23.6 Å². The predicted octanol–water partition coefficient (Wildman–Crippen LogP) is 3.50. The van der Waals surface area contributed by atoms with Gasteiger partial charge < -0.3 is 31.1 Å². The lowest BCUT2D eigenvalue weighted by Gasteiger charge is -2.31. The summed E-state index contributed by atoms with van der Waals surface area (Å²) in [5.41, 5.74) is 5.38. The van der Waals surface area contributed by atoms with Crippen molar-refractivity contribution in [1.82, 2.24) is 15.5 Å². The zero-order valence-corrected chi connectivity index (χ0v) is 27.4. The number of likely N-dealkylation sites (N-methyl/N-ethyl adjacent to an activating group) is 1. The molecule has 0 aliphatic carbocycles. The molecule has 4 amide bonds. The number of hydrogen-bond donors (Lipinski definition) is 4. The summed E-state index contributed by atoms with van der Waals surface area (Å²) in [5.74, 6) is -4.56. The van der Waals surface area contributed by atoms with Crippen molar-refractivity contribution in [2.24, 2.45) is 23.5 Å². The standard InChI is InChI=1S/C33H56N4O7/c1-22(2)17-15-13-11-9-7-8-10-12-14-16-18-23(3)30-25(5)32(42)35-24(4)19-20-27(39)37(6)21-26(38)36-28(33(43)44-30)29(40)31(34)41/h19-20,22-23,25,28-30,40H,4,7-18,21H2,1-3,5-6H3,(H2,34,41)(H,35,42)(H,36,38)/b20-19+/t23-,25+,28+,29+,30+/m0/s1. The van der Waals surface area contributed by atoms with Gasteiger partial charge in [-0.3, -0.25) is 19.2 Å². The lowest BCUT2D eigenvalue weighted by molar-refractivity contribution is -0.165. The summed E-state index contributed by atoms with van der Waals surface area (Å²) in [6, 6.07) is -1.82. The number of hydrogen-bond acceptors (Lipinski definition) is 7. The van der Waals surface area contributed by atoms with E-state index in [0.717, 1.165) is 42.6 Å². The highest BCUT2D eigenvalue weighted by Gasteiger charge is 2.39. The lowest BCUT2D eigenvalue weighted by Crippen LogP contribution is -2.57. The molecule has 0 bridgehead atoms. The number of ether oxygens (including phenoxy) is 1. The second-order valence-electron chi connectivity index (χ2n) is 12.6. The van der Waals surface area contributed by atoms with E-state index in [1.165, 1.54) is 58.1 Å². The van der Waals surface area contributed by atoms with E-state index in [1.54, 1.807) is 6.92 Å². The maximum absolute atomic E-state index is 13.3. The third-order valence-electron chi connectivity index (χ3n) is 8.06. The molecule has 1 heterocycles. The second-order valence-corrected chi connectivity index (χ2v) is 12.6. The van der Waals surface area contributed by atoms with E-state index in [4.69, 9.17) is 10.5 Å². The Labute approximate surface area is 263 Å². The van der Waals surface area contributed by atoms with Crippen LogP contribution in [0.2, 0.25) is 0 Å². The number of nitrogens with zero attached hydrogens (tertiary/aromatic N) is 1. The molecule has 0 aromatic carbocycles. The number of allylic oxidation sites excluding steroid dienone is 1. The van der Waals surface area contributed by atoms with E-state index in [2.05, 4.69) is 31.1 Å². The summed E-state index contributed by atoms with van der Waals surface area (Å²) >= 11 is 0. The van der Waals surface area contributed by atoms with Crippen molar-refractivity contribution in [2.75, 3.05) is 13.6 Å². The van der Waals surface area contributed by atoms with Gasteiger partial charge in [-0.25, -0.2) is 4.79 Å². The highest BCUT2D eigenvalue weighted by atomic mass is 16.5. The number of aliphatic hydroxyl groups excluding tert-OH is 1. The highest BCUT2D eigenvalue weighted by molar-refractivity contribution is 5.95. The number of carbonyl (C=O) groups excluding carboxylic acids is 5. The lowest BCUT2D eigenvalue weighted by atomic mass is 9.88. The average Bonchev–Trinajstić information content (AvgIpc) is 2.96. The molecule has 5 atom stereocenters. The molecule has 0 unspecified atom stereocenters. The Bertz CT molecular complexity index is 997. The smallest absolute Gasteiger partial charge is 0.332 e. The molecule has 1 aliphatic rings. The predicted molar refractivity (Wildman–Crippen MR) is 170 cm³/mol. The molecule has 0 radical (unpaired) electrons. The Morgan fingerprint density at radius 1 is 0.977 bits per heavy atom. The highest BCUT2D eigenvalue weighted by Crippen LogP contribution is 2.25. The Morgan fingerprint density at radius 2 is 1.50 bits per heavy atom. The van der Waals surface area contributed by atoms with E-state index in [0.29, 0.717) is 6.42 Å². The first-order chi connectivity index (χ1) is 20.7. The molecular formula is C33H56N4O7. The van der Waals surface area contributed by atoms with Crippen LogP contribution >= 0.6 is 0 Å². The van der Waals surface area contributed by atoms with Crippen molar-refractivity contribution in [3.63, 3.8) is 0 Å². The van der Waals surface area contributed by atoms with Crippen molar-refractivity contribution < 1.29 is 33.8 Å². The van der Waals surface area contributed by atoms with E-state index >= 15 is 0 Å². The first-order valence-corrected chi connectivity index (χ1v) is 16.1. The van der Waals surface area contributed by atoms with Crippen LogP contribution in [-0.2, 0) is 28.7 Å². The van der Waals surface area contributed by atoms with Crippen LogP contribution in [-0.4, -0.2) is 71.4 Å². The Balaban J connectivity index is 2.86. The summed E-state index contributed by atoms with van der Waals surface area (Å²) < 4.78 is 5.74. The second kappa shape index (κ2) is 20.7. The molecule has 0 fully saturated rings. The molecule has 11 heteroatoms. The Hall–Kier alpha value is -3.21. The number of aliphatic hydroxyl groups is 1. The third kappa shape index (κ3) is 15.0. The van der Waals surface area contributed by atoms with Crippen LogP contribution in [0.4, 0.5) is 0 Å². The van der Waals surface area contributed by atoms with Gasteiger partial charge in [-0.15, -0.1) is 0 Å². The average molecular weight is 621 g/mol. The minimum Gasteiger partial charge on any atom is -0.460 e. The largest absolute Gasteiger partial charge is 0.460 e. The van der Waals surface area contributed by atoms with Crippen LogP contribution in [0.15, 0.2) is 24.4 Å². The number of carbonyl (C=O) groups is 5. The molecule has 0 spiro atoms. The van der Waals surface area contributed by atoms with Gasteiger partial charge >= 0.3 is 5.97 Å². The van der Waals surface area contributed by atoms with Gasteiger partial charge in [0.15, 0.2) is 12.1 Å². The van der Waals surface area contributed by atoms with Gasteiger partial charge in [0.05, 0.1) is 12.5 Å². The van der Waals surface area contributed by atoms with Gasteiger partial charge in [0.25, 0.3) is 0 Å². The molecular weight excluding hydrogens is 564 g/mol. The quantitative estimate of drug-likeness (QED) is 0.151. The maximum atomic E-state index is 13.3. The van der Waals surface area contributed by atoms with Crippen LogP contribution in [0.25, 0.3) is 0 Å². The van der Waals surface area contributed by atoms with Gasteiger partial charge in [-0.2, -0.15) is 0 Å². The van der Waals surface area contributed by atoms with Crippen LogP contribution in [0, 0.1) is 17.8 Å². The number of primary amides is 1. The SMILES string of the molecule is C=C1/C=C/C(=O)N(C)CC(=O)N[C@H]([C@@H](O)C(N)=O)C(=O)O[C@H]([C@@H](C)CCCCCCCCCCCCC(C)C)[C@@H](C)C(=O)N1. The summed E-state index contributed by atoms with van der Waals surface area (Å²) in [6.07, 6.45) is 13.2. The first-order valence-electron chi connectivity index (χ1n) is 16.1. The van der Waals surface area contributed by atoms with Gasteiger partial charge in [0.1, 0.15) is 6.10 Å². The van der Waals surface area contributed by atoms with Crippen LogP contribution in [0.5, 0.6) is 0 Å². The van der Waals surface area contributed by atoms with E-state index < -0.39 is 60.3 Å². The summed E-state index contributed by atoms with van der Waals surface area (Å²) in [7, 11) is 1.35. The van der Waals surface area contributed by atoms with Crippen molar-refractivity contribution in [2.45, 2.75) is 123 Å². The molecule has 1 aliphatic heterocycles. The van der Waals surface area contributed by atoms with E-state index in [-0.39, 0.29) is 11.6 Å². The van der Waals surface area contributed by atoms with Crippen molar-refractivity contribution in [3.05, 3.63) is 24.4 Å². The van der Waals surface area contributed by atoms with Crippen LogP contribution in [0.1, 0.15) is 105 Å². The van der Waals surface area contributed by atoms with Crippen molar-refractivity contribution >= 4 is 29.6 Å². The number of nitrogens with two attached hydrogens (primary N) is 1. The Morgan fingerprint density at radius 3 is 2.02 bits per heavy atom. The fourth-order valence-electron chi connectivity index (χ4n) is 5.22. The molecule has 250 valence electrons. The molecule has 0 aromatic heterocycles. The number of rotatable bonds is 16. The monoisotopic (exact) mass is 620 g/mol. The number of esters is 1. The summed E-state index contributed by atoms with van der Waals surface area (Å²) in [6.45, 7) is 11.3. The summed E-state index contributed by atoms with van der Waals surface area (Å²) in [5, 5.41) is 15.2. The van der Waals surface area contributed by atoms with Gasteiger partial charge in [-0.05, 0) is 24.3 Å². The minimum atomic E-state index is -2.08. The van der Waals surface area contributed by atoms with Crippen molar-refractivity contribution in [3.8, 4) is 0 Å². The first kappa shape index (κ1) is 38.8. The fourth-order valence-corrected chi connectivity index (χ4v) is 5.22. The molecule has 0 saturated heterocycles. The zero-order chi connectivity index (χ0) is 33.2. The molecule has 11 nitrogen and oxygen atoms in total. The molecule has 5 N–H and O–H groups in total. The molecule has 1 rings (SSSR count). The topological polar surface area (TPSA) is 168 Å². The zero-order valence-electron chi connectivity index (χ0n) is 27.4. The summed E-state index contributed by atoms with van der Waals surface area (Å²) in [4.78, 5) is 64.2. The van der Waals surface area contributed by atoms with E-state index in [9.17, 15) is 29.1 Å². The number of nitrogens with one attached hydrogen (secondary N) is 2. The van der Waals surface area contributed by atoms with Crippen molar-refractivity contribution in [1.29, 1.82) is 0 Å². The number of cyclic esters (lactones) is 1. The van der Waals surface area contributed by atoms with E-state index in [1.807, 2.05) is 6.92 Å². The van der Waals surface area contributed by atoms with Gasteiger partial charge in [0, 0.05) is 18.8 Å². The number of amides is 4. The maximum Gasteiger partial charge on any atom is 0.332 e. The third-order valence-corrected chi connectivity index (χ3v) is 8.06. The fraction of sp³-hybridized carbons (Fsp3) is 0.727. The van der Waals surface area contributed by atoms with Crippen LogP contribution in [0.3, 0.4) is 0 Å². The molecule has 0 saturated carbocycles. The minimum absolute atomic E-state index is 0.151. The number of unbranched alkanes of at least 4 members (excludes halogenated alkanes) is 9.